The molecule has 14 heteroatoms. The number of halogens is 4. The normalized spacial score (nSPS) is 19.9. The third kappa shape index (κ3) is 5.24. The lowest BCUT2D eigenvalue weighted by Gasteiger charge is -2.34. The van der Waals surface area contributed by atoms with Crippen molar-refractivity contribution < 1.29 is 36.7 Å². The molecule has 0 saturated carbocycles. The Kier molecular flexibility index (Phi) is 7.58. The number of primary amides is 1. The molecule has 2 aromatic carbocycles. The maximum absolute atomic E-state index is 15.3. The molecule has 42 heavy (non-hydrogen) atoms. The van der Waals surface area contributed by atoms with E-state index in [1.807, 2.05) is 4.90 Å². The number of benzene rings is 2. The van der Waals surface area contributed by atoms with Crippen LogP contribution in [0.4, 0.5) is 34.0 Å². The highest BCUT2D eigenvalue weighted by atomic mass is 19.4. The predicted molar refractivity (Wildman–Crippen MR) is 144 cm³/mol. The number of anilines is 1. The van der Waals surface area contributed by atoms with Crippen LogP contribution in [0, 0.1) is 5.82 Å². The van der Waals surface area contributed by atoms with E-state index >= 15 is 4.39 Å². The third-order valence-electron chi connectivity index (χ3n) is 7.74. The Morgan fingerprint density at radius 3 is 2.19 bits per heavy atom. The first-order valence-electron chi connectivity index (χ1n) is 13.1. The third-order valence-corrected chi connectivity index (χ3v) is 7.74. The van der Waals surface area contributed by atoms with Crippen molar-refractivity contribution in [3.63, 3.8) is 0 Å². The minimum atomic E-state index is -4.48. The molecule has 2 fully saturated rings. The Morgan fingerprint density at radius 2 is 1.67 bits per heavy atom. The van der Waals surface area contributed by atoms with Gasteiger partial charge in [-0.3, -0.25) is 9.59 Å². The summed E-state index contributed by atoms with van der Waals surface area (Å²) in [6.07, 6.45) is -2.24. The fourth-order valence-electron chi connectivity index (χ4n) is 5.21. The van der Waals surface area contributed by atoms with Gasteiger partial charge in [-0.2, -0.15) is 22.4 Å². The maximum atomic E-state index is 15.3. The highest BCUT2D eigenvalue weighted by Gasteiger charge is 2.53. The van der Waals surface area contributed by atoms with Gasteiger partial charge in [-0.25, -0.2) is 14.4 Å². The number of ether oxygens (including phenoxy) is 1. The van der Waals surface area contributed by atoms with Gasteiger partial charge in [0.05, 0.1) is 5.56 Å². The van der Waals surface area contributed by atoms with Crippen LogP contribution in [0.2, 0.25) is 0 Å². The number of rotatable bonds is 6. The van der Waals surface area contributed by atoms with Gasteiger partial charge in [0, 0.05) is 67.4 Å². The van der Waals surface area contributed by atoms with Gasteiger partial charge in [0.2, 0.25) is 5.95 Å². The highest BCUT2D eigenvalue weighted by Crippen LogP contribution is 2.35. The molecular formula is C28H27F4N6O4+. The molecular weight excluding hydrogens is 560 g/mol. The SMILES string of the molecule is CC(C(N)=O)[N+]1(c2ccc(-c3cnc(N4CCN(C(=O)c5ccc(C(F)(F)F)cc5)CC4)nc3)c(F)c2)CCOC1=O. The van der Waals surface area contributed by atoms with E-state index in [1.165, 1.54) is 43.6 Å². The Labute approximate surface area is 237 Å². The number of hydrogen-bond donors (Lipinski definition) is 1. The summed E-state index contributed by atoms with van der Waals surface area (Å²) >= 11 is 0. The van der Waals surface area contributed by atoms with E-state index in [-0.39, 0.29) is 35.9 Å². The fourth-order valence-corrected chi connectivity index (χ4v) is 5.21. The van der Waals surface area contributed by atoms with Crippen LogP contribution in [-0.4, -0.2) is 78.1 Å². The molecule has 5 rings (SSSR count). The maximum Gasteiger partial charge on any atom is 0.522 e. The van der Waals surface area contributed by atoms with E-state index in [4.69, 9.17) is 10.5 Å². The lowest BCUT2D eigenvalue weighted by molar-refractivity contribution is -0.137. The Morgan fingerprint density at radius 1 is 1.02 bits per heavy atom. The number of hydrogen-bond acceptors (Lipinski definition) is 7. The number of carbonyl (C=O) groups excluding carboxylic acids is 3. The number of nitrogens with two attached hydrogens (primary N) is 1. The molecule has 2 atom stereocenters. The second kappa shape index (κ2) is 11.0. The first-order chi connectivity index (χ1) is 19.9. The average molecular weight is 588 g/mol. The largest absolute Gasteiger partial charge is 0.522 e. The first kappa shape index (κ1) is 28.9. The van der Waals surface area contributed by atoms with E-state index in [9.17, 15) is 27.6 Å². The molecule has 0 radical (unpaired) electrons. The highest BCUT2D eigenvalue weighted by molar-refractivity contribution is 5.95. The molecule has 0 bridgehead atoms. The molecule has 3 aromatic rings. The zero-order chi connectivity index (χ0) is 30.2. The molecule has 0 aliphatic carbocycles. The smallest absolute Gasteiger partial charge is 0.414 e. The van der Waals surface area contributed by atoms with Crippen LogP contribution in [0.25, 0.3) is 11.1 Å². The molecule has 220 valence electrons. The van der Waals surface area contributed by atoms with Crippen molar-refractivity contribution in [1.82, 2.24) is 19.4 Å². The van der Waals surface area contributed by atoms with Crippen molar-refractivity contribution in [2.24, 2.45) is 5.73 Å². The molecule has 2 N–H and O–H groups in total. The lowest BCUT2D eigenvalue weighted by Crippen LogP contribution is -2.61. The molecule has 2 aliphatic rings. The summed E-state index contributed by atoms with van der Waals surface area (Å²) in [6, 6.07) is 7.36. The number of aromatic nitrogens is 2. The Balaban J connectivity index is 1.25. The van der Waals surface area contributed by atoms with Gasteiger partial charge in [-0.1, -0.05) is 0 Å². The van der Waals surface area contributed by atoms with Gasteiger partial charge in [-0.15, -0.1) is 0 Å². The van der Waals surface area contributed by atoms with Crippen molar-refractivity contribution >= 4 is 29.5 Å². The van der Waals surface area contributed by atoms with E-state index in [1.54, 1.807) is 11.0 Å². The number of alkyl halides is 3. The molecule has 2 aliphatic heterocycles. The lowest BCUT2D eigenvalue weighted by atomic mass is 10.1. The number of carbonyl (C=O) groups is 3. The van der Waals surface area contributed by atoms with Crippen LogP contribution in [0.5, 0.6) is 0 Å². The topological polar surface area (TPSA) is 119 Å². The predicted octanol–water partition coefficient (Wildman–Crippen LogP) is 3.60. The number of piperazine rings is 1. The average Bonchev–Trinajstić information content (AvgIpc) is 3.38. The first-order valence-corrected chi connectivity index (χ1v) is 13.1. The minimum Gasteiger partial charge on any atom is -0.414 e. The number of nitrogens with zero attached hydrogens (tertiary/aromatic N) is 5. The summed E-state index contributed by atoms with van der Waals surface area (Å²) in [4.78, 5) is 49.4. The van der Waals surface area contributed by atoms with Crippen molar-refractivity contribution in [2.45, 2.75) is 19.1 Å². The summed E-state index contributed by atoms with van der Waals surface area (Å²) in [6.45, 7) is 3.12. The molecule has 3 heterocycles. The van der Waals surface area contributed by atoms with E-state index in [0.29, 0.717) is 37.7 Å². The fraction of sp³-hybridized carbons (Fsp3) is 0.321. The van der Waals surface area contributed by atoms with Gasteiger partial charge in [-0.05, 0) is 37.3 Å². The van der Waals surface area contributed by atoms with Crippen LogP contribution in [0.15, 0.2) is 54.9 Å². The summed E-state index contributed by atoms with van der Waals surface area (Å²) in [5.41, 5.74) is 5.64. The van der Waals surface area contributed by atoms with Gasteiger partial charge in [0.1, 0.15) is 24.7 Å². The Hall–Kier alpha value is -4.59. The molecule has 2 saturated heterocycles. The van der Waals surface area contributed by atoms with E-state index in [0.717, 1.165) is 12.1 Å². The zero-order valence-corrected chi connectivity index (χ0v) is 22.5. The van der Waals surface area contributed by atoms with Gasteiger partial charge in [0.25, 0.3) is 11.8 Å². The van der Waals surface area contributed by atoms with Crippen LogP contribution in [-0.2, 0) is 15.7 Å². The number of amides is 3. The zero-order valence-electron chi connectivity index (χ0n) is 22.5. The van der Waals surface area contributed by atoms with Gasteiger partial charge >= 0.3 is 12.3 Å². The van der Waals surface area contributed by atoms with E-state index in [2.05, 4.69) is 9.97 Å². The molecule has 0 spiro atoms. The quantitative estimate of drug-likeness (QED) is 0.346. The van der Waals surface area contributed by atoms with Crippen LogP contribution >= 0.6 is 0 Å². The summed E-state index contributed by atoms with van der Waals surface area (Å²) in [7, 11) is 0. The van der Waals surface area contributed by atoms with Crippen molar-refractivity contribution in [2.75, 3.05) is 44.2 Å². The van der Waals surface area contributed by atoms with Crippen molar-refractivity contribution in [3.05, 3.63) is 71.8 Å². The second-order valence-electron chi connectivity index (χ2n) is 10.1. The van der Waals surface area contributed by atoms with Crippen LogP contribution < -0.4 is 15.1 Å². The monoisotopic (exact) mass is 587 g/mol. The number of cyclic esters (lactones) is 1. The van der Waals surface area contributed by atoms with E-state index < -0.39 is 40.1 Å². The minimum absolute atomic E-state index is 0.0760. The Bertz CT molecular complexity index is 1510. The van der Waals surface area contributed by atoms with Crippen LogP contribution in [0.3, 0.4) is 0 Å². The van der Waals surface area contributed by atoms with Crippen molar-refractivity contribution in [1.29, 1.82) is 0 Å². The van der Waals surface area contributed by atoms with Crippen LogP contribution in [0.1, 0.15) is 22.8 Å². The second-order valence-corrected chi connectivity index (χ2v) is 10.1. The standard InChI is InChI=1S/C28H26F4N6O4/c1-17(24(33)39)38(12-13-42-27(38)41)21-6-7-22(23(29)14-21)19-15-34-26(35-16-19)37-10-8-36(9-11-37)25(40)18-2-4-20(5-3-18)28(30,31)32/h2-7,14-17H,8-13H2,1H3,(H-,33,39)/p+1. The molecule has 3 amide bonds. The molecule has 2 unspecified atom stereocenters. The summed E-state index contributed by atoms with van der Waals surface area (Å²) in [5, 5.41) is 0. The summed E-state index contributed by atoms with van der Waals surface area (Å²) < 4.78 is 58.3. The number of quaternary nitrogens is 1. The van der Waals surface area contributed by atoms with Crippen molar-refractivity contribution in [3.8, 4) is 11.1 Å². The van der Waals surface area contributed by atoms with Gasteiger partial charge < -0.3 is 20.3 Å². The molecule has 10 nitrogen and oxygen atoms in total. The molecule has 1 aromatic heterocycles. The summed E-state index contributed by atoms with van der Waals surface area (Å²) in [5.74, 6) is -1.35. The van der Waals surface area contributed by atoms with Gasteiger partial charge in [0.15, 0.2) is 6.04 Å².